The van der Waals surface area contributed by atoms with Crippen LogP contribution in [-0.2, 0) is 11.3 Å². The highest BCUT2D eigenvalue weighted by molar-refractivity contribution is 6.11. The molecule has 0 fully saturated rings. The number of aromatic nitrogens is 1. The monoisotopic (exact) mass is 390 g/mol. The lowest BCUT2D eigenvalue weighted by atomic mass is 10.1. The molecule has 0 spiro atoms. The maximum atomic E-state index is 12.9. The Morgan fingerprint density at radius 1 is 1.07 bits per heavy atom. The van der Waals surface area contributed by atoms with Crippen LogP contribution in [0.5, 0.6) is 5.75 Å². The summed E-state index contributed by atoms with van der Waals surface area (Å²) in [5, 5.41) is 2.82. The maximum Gasteiger partial charge on any atom is 0.454 e. The molecular weight excluding hydrogens is 373 g/mol. The molecule has 28 heavy (non-hydrogen) atoms. The zero-order valence-electron chi connectivity index (χ0n) is 14.9. The number of ether oxygens (including phenoxy) is 1. The summed E-state index contributed by atoms with van der Waals surface area (Å²) < 4.78 is 45.2. The number of fused-ring (bicyclic) bond motifs is 1. The fraction of sp³-hybridized carbons (Fsp3) is 0.200. The molecule has 1 amide bonds. The minimum Gasteiger partial charge on any atom is -0.494 e. The number of Topliss-reactive ketones (excluding diaryl/α,β-unsaturated/α-hetero) is 1. The molecule has 5 nitrogen and oxygen atoms in total. The van der Waals surface area contributed by atoms with Crippen molar-refractivity contribution in [2.75, 3.05) is 11.9 Å². The number of carbonyl (C=O) groups excluding carboxylic acids is 2. The molecule has 146 valence electrons. The van der Waals surface area contributed by atoms with Crippen LogP contribution in [0.4, 0.5) is 18.9 Å². The number of benzene rings is 2. The van der Waals surface area contributed by atoms with Crippen molar-refractivity contribution in [3.05, 3.63) is 60.3 Å². The largest absolute Gasteiger partial charge is 0.494 e. The standard InChI is InChI=1S/C20H17F3N2O3/c1-2-28-14-9-7-13(8-10-14)24-18(26)12-25-11-16(19(27)20(21,22)23)15-5-3-4-6-17(15)25/h3-11H,2,12H2,1H3,(H,24,26). The lowest BCUT2D eigenvalue weighted by Gasteiger charge is -2.08. The summed E-state index contributed by atoms with van der Waals surface area (Å²) in [6.45, 7) is 2.14. The number of amides is 1. The van der Waals surface area contributed by atoms with Gasteiger partial charge in [-0.15, -0.1) is 0 Å². The van der Waals surface area contributed by atoms with E-state index in [0.717, 1.165) is 6.20 Å². The van der Waals surface area contributed by atoms with Crippen LogP contribution in [0.2, 0.25) is 0 Å². The first-order valence-electron chi connectivity index (χ1n) is 8.51. The second-order valence-corrected chi connectivity index (χ2v) is 6.02. The third-order valence-electron chi connectivity index (χ3n) is 4.05. The number of rotatable bonds is 6. The van der Waals surface area contributed by atoms with Gasteiger partial charge in [0, 0.05) is 22.8 Å². The second-order valence-electron chi connectivity index (χ2n) is 6.02. The van der Waals surface area contributed by atoms with Crippen LogP contribution in [0.25, 0.3) is 10.9 Å². The van der Waals surface area contributed by atoms with E-state index in [9.17, 15) is 22.8 Å². The van der Waals surface area contributed by atoms with Gasteiger partial charge < -0.3 is 14.6 Å². The zero-order valence-corrected chi connectivity index (χ0v) is 14.9. The van der Waals surface area contributed by atoms with Crippen LogP contribution in [0.3, 0.4) is 0 Å². The normalized spacial score (nSPS) is 11.4. The molecule has 0 saturated heterocycles. The van der Waals surface area contributed by atoms with E-state index in [1.165, 1.54) is 10.6 Å². The summed E-state index contributed by atoms with van der Waals surface area (Å²) in [7, 11) is 0. The van der Waals surface area contributed by atoms with Gasteiger partial charge in [0.15, 0.2) is 0 Å². The summed E-state index contributed by atoms with van der Waals surface area (Å²) in [5.41, 5.74) is 0.422. The summed E-state index contributed by atoms with van der Waals surface area (Å²) in [6.07, 6.45) is -3.92. The highest BCUT2D eigenvalue weighted by Gasteiger charge is 2.40. The van der Waals surface area contributed by atoms with Crippen molar-refractivity contribution in [1.82, 2.24) is 4.57 Å². The number of ketones is 1. The molecule has 3 rings (SSSR count). The van der Waals surface area contributed by atoms with Gasteiger partial charge in [-0.05, 0) is 37.3 Å². The predicted molar refractivity (Wildman–Crippen MR) is 98.6 cm³/mol. The first kappa shape index (κ1) is 19.5. The minimum atomic E-state index is -4.99. The van der Waals surface area contributed by atoms with Gasteiger partial charge in [0.05, 0.1) is 12.2 Å². The van der Waals surface area contributed by atoms with E-state index in [1.807, 2.05) is 6.92 Å². The van der Waals surface area contributed by atoms with E-state index < -0.39 is 23.4 Å². The average molecular weight is 390 g/mol. The summed E-state index contributed by atoms with van der Waals surface area (Å²) in [5.74, 6) is -1.71. The summed E-state index contributed by atoms with van der Waals surface area (Å²) in [4.78, 5) is 24.0. The van der Waals surface area contributed by atoms with E-state index in [4.69, 9.17) is 4.74 Å². The number of para-hydroxylation sites is 1. The van der Waals surface area contributed by atoms with E-state index in [2.05, 4.69) is 5.32 Å². The number of nitrogens with one attached hydrogen (secondary N) is 1. The molecule has 1 N–H and O–H groups in total. The molecule has 1 aromatic heterocycles. The SMILES string of the molecule is CCOc1ccc(NC(=O)Cn2cc(C(=O)C(F)(F)F)c3ccccc32)cc1. The summed E-state index contributed by atoms with van der Waals surface area (Å²) >= 11 is 0. The van der Waals surface area contributed by atoms with Crippen LogP contribution in [0, 0.1) is 0 Å². The predicted octanol–water partition coefficient (Wildman–Crippen LogP) is 4.42. The Balaban J connectivity index is 1.82. The third kappa shape index (κ3) is 4.16. The van der Waals surface area contributed by atoms with Gasteiger partial charge in [-0.3, -0.25) is 9.59 Å². The highest BCUT2D eigenvalue weighted by Crippen LogP contribution is 2.28. The Hall–Kier alpha value is -3.29. The van der Waals surface area contributed by atoms with Crippen molar-refractivity contribution in [2.24, 2.45) is 0 Å². The molecule has 0 aliphatic heterocycles. The maximum absolute atomic E-state index is 12.9. The average Bonchev–Trinajstić information content (AvgIpc) is 3.00. The number of halogens is 3. The van der Waals surface area contributed by atoms with Crippen LogP contribution in [0.15, 0.2) is 54.7 Å². The fourth-order valence-corrected chi connectivity index (χ4v) is 2.87. The van der Waals surface area contributed by atoms with Gasteiger partial charge in [0.1, 0.15) is 12.3 Å². The molecule has 2 aromatic carbocycles. The zero-order chi connectivity index (χ0) is 20.3. The highest BCUT2D eigenvalue weighted by atomic mass is 19.4. The Morgan fingerprint density at radius 3 is 2.39 bits per heavy atom. The van der Waals surface area contributed by atoms with Crippen LogP contribution in [-0.4, -0.2) is 29.0 Å². The van der Waals surface area contributed by atoms with E-state index in [0.29, 0.717) is 23.6 Å². The Labute approximate surface area is 158 Å². The van der Waals surface area contributed by atoms with E-state index >= 15 is 0 Å². The number of alkyl halides is 3. The first-order chi connectivity index (χ1) is 13.3. The van der Waals surface area contributed by atoms with E-state index in [1.54, 1.807) is 42.5 Å². The van der Waals surface area contributed by atoms with Crippen molar-refractivity contribution < 1.29 is 27.5 Å². The molecule has 0 saturated carbocycles. The van der Waals surface area contributed by atoms with Gasteiger partial charge in [0.2, 0.25) is 5.91 Å². The molecule has 8 heteroatoms. The number of nitrogens with zero attached hydrogens (tertiary/aromatic N) is 1. The molecule has 0 aliphatic carbocycles. The number of hydrogen-bond acceptors (Lipinski definition) is 3. The quantitative estimate of drug-likeness (QED) is 0.634. The second kappa shape index (κ2) is 7.75. The summed E-state index contributed by atoms with van der Waals surface area (Å²) in [6, 6.07) is 12.9. The Kier molecular flexibility index (Phi) is 5.39. The Morgan fingerprint density at radius 2 is 1.75 bits per heavy atom. The van der Waals surface area contributed by atoms with Gasteiger partial charge in [-0.25, -0.2) is 0 Å². The van der Waals surface area contributed by atoms with Gasteiger partial charge in [0.25, 0.3) is 5.78 Å². The fourth-order valence-electron chi connectivity index (χ4n) is 2.87. The van der Waals surface area contributed by atoms with Crippen molar-refractivity contribution >= 4 is 28.3 Å². The molecule has 0 atom stereocenters. The van der Waals surface area contributed by atoms with Crippen LogP contribution in [0.1, 0.15) is 17.3 Å². The number of hydrogen-bond donors (Lipinski definition) is 1. The topological polar surface area (TPSA) is 60.3 Å². The molecule has 0 bridgehead atoms. The van der Waals surface area contributed by atoms with E-state index in [-0.39, 0.29) is 11.9 Å². The molecule has 1 heterocycles. The molecule has 0 aliphatic rings. The lowest BCUT2D eigenvalue weighted by molar-refractivity contribution is -0.116. The molecule has 0 radical (unpaired) electrons. The van der Waals surface area contributed by atoms with Gasteiger partial charge in [-0.1, -0.05) is 18.2 Å². The van der Waals surface area contributed by atoms with Crippen molar-refractivity contribution in [3.63, 3.8) is 0 Å². The third-order valence-corrected chi connectivity index (χ3v) is 4.05. The number of carbonyl (C=O) groups is 2. The van der Waals surface area contributed by atoms with Crippen molar-refractivity contribution in [3.8, 4) is 5.75 Å². The van der Waals surface area contributed by atoms with Gasteiger partial charge >= 0.3 is 6.18 Å². The minimum absolute atomic E-state index is 0.152. The molecule has 3 aromatic rings. The van der Waals surface area contributed by atoms with Crippen LogP contribution >= 0.6 is 0 Å². The van der Waals surface area contributed by atoms with Gasteiger partial charge in [-0.2, -0.15) is 13.2 Å². The molecule has 0 unspecified atom stereocenters. The van der Waals surface area contributed by atoms with Crippen LogP contribution < -0.4 is 10.1 Å². The first-order valence-corrected chi connectivity index (χ1v) is 8.51. The van der Waals surface area contributed by atoms with Crippen molar-refractivity contribution in [2.45, 2.75) is 19.6 Å². The molecular formula is C20H17F3N2O3. The van der Waals surface area contributed by atoms with Crippen molar-refractivity contribution in [1.29, 1.82) is 0 Å². The lowest BCUT2D eigenvalue weighted by Crippen LogP contribution is -2.22. The number of anilines is 1. The Bertz CT molecular complexity index is 1010. The smallest absolute Gasteiger partial charge is 0.454 e.